The maximum absolute atomic E-state index is 9.46. The van der Waals surface area contributed by atoms with Crippen molar-refractivity contribution in [3.8, 4) is 0 Å². The molecule has 2 heterocycles. The number of furan rings is 1. The highest BCUT2D eigenvalue weighted by atomic mass is 16.3. The molecule has 0 saturated carbocycles. The first-order valence-corrected chi connectivity index (χ1v) is 5.19. The van der Waals surface area contributed by atoms with Crippen molar-refractivity contribution in [3.63, 3.8) is 0 Å². The van der Waals surface area contributed by atoms with Crippen LogP contribution in [0.15, 0.2) is 22.8 Å². The van der Waals surface area contributed by atoms with Gasteiger partial charge in [0.05, 0.1) is 12.9 Å². The lowest BCUT2D eigenvalue weighted by Crippen LogP contribution is -2.43. The highest BCUT2D eigenvalue weighted by Crippen LogP contribution is 2.30. The average Bonchev–Trinajstić information content (AvgIpc) is 2.72. The second-order valence-corrected chi connectivity index (χ2v) is 4.19. The SMILES string of the molecule is OCC1(Cc2ccco2)CCCNC1. The fourth-order valence-electron chi connectivity index (χ4n) is 2.15. The molecule has 0 radical (unpaired) electrons. The summed E-state index contributed by atoms with van der Waals surface area (Å²) in [6.45, 7) is 2.20. The van der Waals surface area contributed by atoms with Crippen LogP contribution in [0.2, 0.25) is 0 Å². The smallest absolute Gasteiger partial charge is 0.104 e. The predicted octanol–water partition coefficient (Wildman–Crippen LogP) is 1.18. The number of hydrogen-bond donors (Lipinski definition) is 2. The summed E-state index contributed by atoms with van der Waals surface area (Å²) in [6.07, 6.45) is 4.75. The monoisotopic (exact) mass is 195 g/mol. The van der Waals surface area contributed by atoms with Crippen molar-refractivity contribution in [2.75, 3.05) is 19.7 Å². The van der Waals surface area contributed by atoms with Gasteiger partial charge < -0.3 is 14.8 Å². The van der Waals surface area contributed by atoms with Gasteiger partial charge in [0.25, 0.3) is 0 Å². The predicted molar refractivity (Wildman–Crippen MR) is 54.0 cm³/mol. The molecule has 14 heavy (non-hydrogen) atoms. The third-order valence-corrected chi connectivity index (χ3v) is 3.03. The Morgan fingerprint density at radius 2 is 2.50 bits per heavy atom. The molecule has 0 bridgehead atoms. The summed E-state index contributed by atoms with van der Waals surface area (Å²) < 4.78 is 5.32. The van der Waals surface area contributed by atoms with Gasteiger partial charge in [-0.2, -0.15) is 0 Å². The van der Waals surface area contributed by atoms with Crippen LogP contribution >= 0.6 is 0 Å². The van der Waals surface area contributed by atoms with Crippen molar-refractivity contribution < 1.29 is 9.52 Å². The van der Waals surface area contributed by atoms with E-state index in [1.54, 1.807) is 6.26 Å². The van der Waals surface area contributed by atoms with Crippen LogP contribution in [0.1, 0.15) is 18.6 Å². The Labute approximate surface area is 84.1 Å². The van der Waals surface area contributed by atoms with Gasteiger partial charge in [0.2, 0.25) is 0 Å². The topological polar surface area (TPSA) is 45.4 Å². The van der Waals surface area contributed by atoms with E-state index in [0.717, 1.165) is 38.1 Å². The molecule has 1 atom stereocenters. The number of aliphatic hydroxyl groups is 1. The van der Waals surface area contributed by atoms with Gasteiger partial charge in [-0.3, -0.25) is 0 Å². The van der Waals surface area contributed by atoms with E-state index in [-0.39, 0.29) is 12.0 Å². The van der Waals surface area contributed by atoms with Gasteiger partial charge in [-0.15, -0.1) is 0 Å². The first-order chi connectivity index (χ1) is 6.85. The van der Waals surface area contributed by atoms with E-state index in [9.17, 15) is 5.11 Å². The van der Waals surface area contributed by atoms with Gasteiger partial charge in [0, 0.05) is 18.4 Å². The first kappa shape index (κ1) is 9.74. The van der Waals surface area contributed by atoms with Crippen LogP contribution in [0.25, 0.3) is 0 Å². The van der Waals surface area contributed by atoms with Crippen molar-refractivity contribution in [2.45, 2.75) is 19.3 Å². The first-order valence-electron chi connectivity index (χ1n) is 5.19. The highest BCUT2D eigenvalue weighted by Gasteiger charge is 2.32. The van der Waals surface area contributed by atoms with Crippen LogP contribution in [-0.4, -0.2) is 24.8 Å². The zero-order valence-corrected chi connectivity index (χ0v) is 8.33. The summed E-state index contributed by atoms with van der Waals surface area (Å²) in [5, 5.41) is 12.8. The Morgan fingerprint density at radius 3 is 3.07 bits per heavy atom. The van der Waals surface area contributed by atoms with Crippen molar-refractivity contribution in [1.29, 1.82) is 0 Å². The molecule has 0 spiro atoms. The second kappa shape index (κ2) is 4.15. The van der Waals surface area contributed by atoms with E-state index in [2.05, 4.69) is 5.32 Å². The highest BCUT2D eigenvalue weighted by molar-refractivity contribution is 5.03. The Bertz CT molecular complexity index is 263. The summed E-state index contributed by atoms with van der Waals surface area (Å²) in [4.78, 5) is 0. The average molecular weight is 195 g/mol. The zero-order valence-electron chi connectivity index (χ0n) is 8.33. The largest absolute Gasteiger partial charge is 0.469 e. The van der Waals surface area contributed by atoms with Gasteiger partial charge in [0.15, 0.2) is 0 Å². The minimum Gasteiger partial charge on any atom is -0.469 e. The third-order valence-electron chi connectivity index (χ3n) is 3.03. The lowest BCUT2D eigenvalue weighted by atomic mass is 9.78. The maximum Gasteiger partial charge on any atom is 0.104 e. The number of hydrogen-bond acceptors (Lipinski definition) is 3. The van der Waals surface area contributed by atoms with E-state index < -0.39 is 0 Å². The minimum atomic E-state index is -0.00387. The van der Waals surface area contributed by atoms with Crippen LogP contribution in [0.5, 0.6) is 0 Å². The van der Waals surface area contributed by atoms with Gasteiger partial charge in [-0.25, -0.2) is 0 Å². The normalized spacial score (nSPS) is 27.8. The fourth-order valence-corrected chi connectivity index (χ4v) is 2.15. The molecule has 1 fully saturated rings. The molecular formula is C11H17NO2. The molecule has 2 N–H and O–H groups in total. The molecular weight excluding hydrogens is 178 g/mol. The van der Waals surface area contributed by atoms with Crippen molar-refractivity contribution in [1.82, 2.24) is 5.32 Å². The van der Waals surface area contributed by atoms with E-state index in [4.69, 9.17) is 4.42 Å². The lowest BCUT2D eigenvalue weighted by Gasteiger charge is -2.35. The van der Waals surface area contributed by atoms with Gasteiger partial charge in [0.1, 0.15) is 5.76 Å². The molecule has 1 aliphatic rings. The molecule has 0 amide bonds. The second-order valence-electron chi connectivity index (χ2n) is 4.19. The molecule has 0 aromatic carbocycles. The van der Waals surface area contributed by atoms with E-state index in [1.165, 1.54) is 0 Å². The molecule has 1 unspecified atom stereocenters. The molecule has 1 aromatic rings. The van der Waals surface area contributed by atoms with Crippen LogP contribution in [0.3, 0.4) is 0 Å². The Hall–Kier alpha value is -0.800. The van der Waals surface area contributed by atoms with Crippen molar-refractivity contribution in [3.05, 3.63) is 24.2 Å². The number of nitrogens with one attached hydrogen (secondary N) is 1. The number of piperidine rings is 1. The summed E-state index contributed by atoms with van der Waals surface area (Å²) in [7, 11) is 0. The van der Waals surface area contributed by atoms with Crippen LogP contribution in [0, 0.1) is 5.41 Å². The molecule has 0 aliphatic carbocycles. The number of rotatable bonds is 3. The minimum absolute atomic E-state index is 0.00387. The molecule has 3 nitrogen and oxygen atoms in total. The van der Waals surface area contributed by atoms with Gasteiger partial charge in [-0.05, 0) is 31.5 Å². The number of aliphatic hydroxyl groups excluding tert-OH is 1. The van der Waals surface area contributed by atoms with E-state index in [1.807, 2.05) is 12.1 Å². The van der Waals surface area contributed by atoms with Crippen molar-refractivity contribution >= 4 is 0 Å². The summed E-state index contributed by atoms with van der Waals surface area (Å²) in [5.41, 5.74) is -0.00387. The zero-order chi connectivity index (χ0) is 9.86. The Kier molecular flexibility index (Phi) is 2.89. The molecule has 2 rings (SSSR count). The van der Waals surface area contributed by atoms with Crippen LogP contribution in [0.4, 0.5) is 0 Å². The molecule has 3 heteroatoms. The molecule has 1 aromatic heterocycles. The lowest BCUT2D eigenvalue weighted by molar-refractivity contribution is 0.0893. The van der Waals surface area contributed by atoms with Crippen LogP contribution < -0.4 is 5.32 Å². The molecule has 1 saturated heterocycles. The maximum atomic E-state index is 9.46. The summed E-state index contributed by atoms with van der Waals surface area (Å²) in [6, 6.07) is 3.88. The standard InChI is InChI=1S/C11H17NO2/c13-9-11(4-2-5-12-8-11)7-10-3-1-6-14-10/h1,3,6,12-13H,2,4-5,7-9H2. The Morgan fingerprint density at radius 1 is 1.57 bits per heavy atom. The quantitative estimate of drug-likeness (QED) is 0.761. The Balaban J connectivity index is 2.04. The van der Waals surface area contributed by atoms with Crippen molar-refractivity contribution in [2.24, 2.45) is 5.41 Å². The molecule has 1 aliphatic heterocycles. The van der Waals surface area contributed by atoms with Gasteiger partial charge in [-0.1, -0.05) is 0 Å². The van der Waals surface area contributed by atoms with Crippen LogP contribution in [-0.2, 0) is 6.42 Å². The van der Waals surface area contributed by atoms with E-state index >= 15 is 0 Å². The summed E-state index contributed by atoms with van der Waals surface area (Å²) >= 11 is 0. The summed E-state index contributed by atoms with van der Waals surface area (Å²) in [5.74, 6) is 0.975. The third kappa shape index (κ3) is 1.99. The fraction of sp³-hybridized carbons (Fsp3) is 0.636. The molecule has 78 valence electrons. The van der Waals surface area contributed by atoms with E-state index in [0.29, 0.717) is 0 Å². The van der Waals surface area contributed by atoms with Gasteiger partial charge >= 0.3 is 0 Å².